The normalized spacial score (nSPS) is 12.8. The molecule has 3 N–H and O–H groups in total. The molecule has 0 saturated heterocycles. The third kappa shape index (κ3) is 4.39. The number of benzene rings is 2. The molecule has 0 unspecified atom stereocenters. The zero-order valence-electron chi connectivity index (χ0n) is 19.5. The van der Waals surface area contributed by atoms with Gasteiger partial charge in [-0.15, -0.1) is 10.2 Å². The van der Waals surface area contributed by atoms with Gasteiger partial charge in [-0.3, -0.25) is 0 Å². The molecule has 8 heteroatoms. The van der Waals surface area contributed by atoms with Crippen molar-refractivity contribution in [3.05, 3.63) is 84.2 Å². The maximum absolute atomic E-state index is 12.8. The Morgan fingerprint density at radius 1 is 1.03 bits per heavy atom. The van der Waals surface area contributed by atoms with Crippen molar-refractivity contribution in [2.75, 3.05) is 0 Å². The van der Waals surface area contributed by atoms with Crippen molar-refractivity contribution in [3.63, 3.8) is 0 Å². The van der Waals surface area contributed by atoms with E-state index in [4.69, 9.17) is 4.74 Å². The summed E-state index contributed by atoms with van der Waals surface area (Å²) in [5.41, 5.74) is 3.61. The molecule has 0 aliphatic rings. The van der Waals surface area contributed by atoms with Crippen LogP contribution in [-0.2, 0) is 17.7 Å². The van der Waals surface area contributed by atoms with Gasteiger partial charge in [-0.2, -0.15) is 0 Å². The van der Waals surface area contributed by atoms with Crippen LogP contribution in [0.15, 0.2) is 67.3 Å². The Labute approximate surface area is 197 Å². The van der Waals surface area contributed by atoms with Crippen LogP contribution in [0.3, 0.4) is 0 Å². The fourth-order valence-electron chi connectivity index (χ4n) is 4.28. The molecule has 2 aromatic carbocycles. The minimum atomic E-state index is -0.613. The van der Waals surface area contributed by atoms with E-state index in [1.165, 1.54) is 10.9 Å². The van der Waals surface area contributed by atoms with E-state index in [0.29, 0.717) is 12.4 Å². The highest BCUT2D eigenvalue weighted by atomic mass is 16.6. The van der Waals surface area contributed by atoms with Crippen LogP contribution in [0.25, 0.3) is 21.8 Å². The zero-order chi connectivity index (χ0) is 23.7. The molecule has 1 amide bonds. The fourth-order valence-corrected chi connectivity index (χ4v) is 4.28. The highest BCUT2D eigenvalue weighted by Gasteiger charge is 2.27. The first-order valence-electron chi connectivity index (χ1n) is 11.4. The number of aromatic amines is 2. The lowest BCUT2D eigenvalue weighted by molar-refractivity contribution is 0.0510. The average molecular weight is 457 g/mol. The highest BCUT2D eigenvalue weighted by molar-refractivity contribution is 5.85. The van der Waals surface area contributed by atoms with E-state index in [-0.39, 0.29) is 0 Å². The third-order valence-corrected chi connectivity index (χ3v) is 5.79. The smallest absolute Gasteiger partial charge is 0.408 e. The number of hydrogen-bond donors (Lipinski definition) is 3. The Bertz CT molecular complexity index is 1440. The van der Waals surface area contributed by atoms with Crippen LogP contribution in [-0.4, -0.2) is 36.4 Å². The molecule has 5 rings (SSSR count). The molecule has 0 aliphatic heterocycles. The number of H-pyrrole nitrogens is 2. The summed E-state index contributed by atoms with van der Waals surface area (Å²) in [4.78, 5) is 19.4. The number of rotatable bonds is 6. The number of carbonyl (C=O) groups excluding carboxylic acids is 1. The molecule has 3 heterocycles. The first kappa shape index (κ1) is 21.8. The minimum Gasteiger partial charge on any atom is -0.444 e. The van der Waals surface area contributed by atoms with Crippen LogP contribution in [0.2, 0.25) is 0 Å². The molecule has 0 radical (unpaired) electrons. The molecule has 0 aliphatic carbocycles. The summed E-state index contributed by atoms with van der Waals surface area (Å²) >= 11 is 0. The number of aromatic nitrogens is 5. The van der Waals surface area contributed by atoms with Crippen molar-refractivity contribution >= 4 is 27.9 Å². The molecule has 0 bridgehead atoms. The number of para-hydroxylation sites is 2. The van der Waals surface area contributed by atoms with Crippen LogP contribution in [0.4, 0.5) is 4.79 Å². The second kappa shape index (κ2) is 8.70. The van der Waals surface area contributed by atoms with Crippen molar-refractivity contribution in [2.24, 2.45) is 0 Å². The summed E-state index contributed by atoms with van der Waals surface area (Å²) in [6.45, 7) is 6.20. The fraction of sp³-hybridized carbons (Fsp3) is 0.269. The number of carbonyl (C=O) groups is 1. The first-order chi connectivity index (χ1) is 16.4. The summed E-state index contributed by atoms with van der Waals surface area (Å²) in [6, 6.07) is 15.7. The van der Waals surface area contributed by atoms with Gasteiger partial charge in [0.05, 0.1) is 0 Å². The predicted molar refractivity (Wildman–Crippen MR) is 132 cm³/mol. The van der Waals surface area contributed by atoms with Gasteiger partial charge in [0.15, 0.2) is 5.82 Å². The predicted octanol–water partition coefficient (Wildman–Crippen LogP) is 5.10. The van der Waals surface area contributed by atoms with Gasteiger partial charge < -0.3 is 24.6 Å². The number of nitrogens with one attached hydrogen (secondary N) is 3. The van der Waals surface area contributed by atoms with Gasteiger partial charge in [0, 0.05) is 46.3 Å². The Balaban J connectivity index is 1.47. The molecule has 0 spiro atoms. The quantitative estimate of drug-likeness (QED) is 0.331. The second-order valence-corrected chi connectivity index (χ2v) is 9.36. The first-order valence-corrected chi connectivity index (χ1v) is 11.4. The molecule has 1 atom stereocenters. The van der Waals surface area contributed by atoms with Gasteiger partial charge in [-0.1, -0.05) is 36.4 Å². The number of hydrogen-bond acceptors (Lipinski definition) is 4. The molecule has 0 fully saturated rings. The minimum absolute atomic E-state index is 0.506. The van der Waals surface area contributed by atoms with Crippen molar-refractivity contribution in [3.8, 4) is 0 Å². The van der Waals surface area contributed by atoms with Crippen LogP contribution in [0.5, 0.6) is 0 Å². The molecular formula is C26H28N6O2. The summed E-state index contributed by atoms with van der Waals surface area (Å²) in [5, 5.41) is 13.8. The van der Waals surface area contributed by atoms with Crippen LogP contribution in [0, 0.1) is 0 Å². The Morgan fingerprint density at radius 2 is 1.71 bits per heavy atom. The molecule has 8 nitrogen and oxygen atoms in total. The largest absolute Gasteiger partial charge is 0.444 e. The lowest BCUT2D eigenvalue weighted by atomic mass is 10.0. The van der Waals surface area contributed by atoms with Gasteiger partial charge in [-0.25, -0.2) is 4.79 Å². The van der Waals surface area contributed by atoms with E-state index in [1.54, 1.807) is 6.33 Å². The van der Waals surface area contributed by atoms with E-state index in [2.05, 4.69) is 37.6 Å². The van der Waals surface area contributed by atoms with Gasteiger partial charge in [0.2, 0.25) is 0 Å². The molecule has 34 heavy (non-hydrogen) atoms. The lowest BCUT2D eigenvalue weighted by Crippen LogP contribution is -2.36. The van der Waals surface area contributed by atoms with Crippen molar-refractivity contribution in [2.45, 2.75) is 45.4 Å². The molecule has 174 valence electrons. The van der Waals surface area contributed by atoms with Gasteiger partial charge in [0.25, 0.3) is 0 Å². The van der Waals surface area contributed by atoms with E-state index < -0.39 is 17.7 Å². The second-order valence-electron chi connectivity index (χ2n) is 9.36. The number of alkyl carbamates (subject to hydrolysis) is 1. The summed E-state index contributed by atoms with van der Waals surface area (Å²) in [6.07, 6.45) is 5.95. The number of ether oxygens (including phenoxy) is 1. The van der Waals surface area contributed by atoms with E-state index >= 15 is 0 Å². The summed E-state index contributed by atoms with van der Waals surface area (Å²) in [5.74, 6) is 0.649. The number of fused-ring (bicyclic) bond motifs is 2. The van der Waals surface area contributed by atoms with Gasteiger partial charge in [-0.05, 0) is 44.9 Å². The average Bonchev–Trinajstić information content (AvgIpc) is 3.53. The maximum atomic E-state index is 12.8. The number of amides is 1. The van der Waals surface area contributed by atoms with Gasteiger partial charge in [0.1, 0.15) is 18.0 Å². The molecular weight excluding hydrogens is 428 g/mol. The zero-order valence-corrected chi connectivity index (χ0v) is 19.5. The van der Waals surface area contributed by atoms with Crippen LogP contribution in [0.1, 0.15) is 43.8 Å². The number of nitrogens with zero attached hydrogens (tertiary/aromatic N) is 3. The van der Waals surface area contributed by atoms with Crippen LogP contribution >= 0.6 is 0 Å². The topological polar surface area (TPSA) is 101 Å². The Kier molecular flexibility index (Phi) is 5.57. The van der Waals surface area contributed by atoms with E-state index in [0.717, 1.165) is 28.4 Å². The standard InChI is InChI=1S/C26H28N6O2/c1-26(2,3)34-25(33)30-23(20-15-28-22-11-7-5-9-19(20)22)24-31-29-16-32(24)13-12-17-14-27-21-10-6-4-8-18(17)21/h4-11,14-16,23,27-28H,12-13H2,1-3H3,(H,30,33)/t23-/m0/s1. The highest BCUT2D eigenvalue weighted by Crippen LogP contribution is 2.29. The monoisotopic (exact) mass is 456 g/mol. The summed E-state index contributed by atoms with van der Waals surface area (Å²) < 4.78 is 7.55. The maximum Gasteiger partial charge on any atom is 0.408 e. The van der Waals surface area contributed by atoms with E-state index in [9.17, 15) is 4.79 Å². The third-order valence-electron chi connectivity index (χ3n) is 5.79. The van der Waals surface area contributed by atoms with Crippen molar-refractivity contribution in [1.29, 1.82) is 0 Å². The molecule has 3 aromatic heterocycles. The number of aryl methyl sites for hydroxylation is 2. The Hall–Kier alpha value is -4.07. The lowest BCUT2D eigenvalue weighted by Gasteiger charge is -2.23. The molecule has 5 aromatic rings. The van der Waals surface area contributed by atoms with Crippen LogP contribution < -0.4 is 5.32 Å². The van der Waals surface area contributed by atoms with Crippen molar-refractivity contribution in [1.82, 2.24) is 30.0 Å². The SMILES string of the molecule is CC(C)(C)OC(=O)N[C@@H](c1c[nH]c2ccccc12)c1nncn1CCc1c[nH]c2ccccc12. The Morgan fingerprint density at radius 3 is 2.47 bits per heavy atom. The van der Waals surface area contributed by atoms with Gasteiger partial charge >= 0.3 is 6.09 Å². The van der Waals surface area contributed by atoms with Crippen molar-refractivity contribution < 1.29 is 9.53 Å². The summed E-state index contributed by atoms with van der Waals surface area (Å²) in [7, 11) is 0. The van der Waals surface area contributed by atoms with E-state index in [1.807, 2.05) is 74.1 Å². The molecule has 0 saturated carbocycles.